The number of carbonyl (C=O) groups is 2. The molecule has 2 aliphatic rings. The van der Waals surface area contributed by atoms with Gasteiger partial charge >= 0.3 is 0 Å². The first-order chi connectivity index (χ1) is 15.4. The Kier molecular flexibility index (Phi) is 7.66. The van der Waals surface area contributed by atoms with Crippen molar-refractivity contribution in [1.29, 1.82) is 5.41 Å². The van der Waals surface area contributed by atoms with Crippen LogP contribution >= 0.6 is 0 Å². The van der Waals surface area contributed by atoms with Crippen LogP contribution in [0.4, 0.5) is 5.69 Å². The molecule has 5 N–H and O–H groups in total. The zero-order chi connectivity index (χ0) is 23.3. The Bertz CT molecular complexity index is 942. The number of hydrogen-bond donors (Lipinski definition) is 4. The number of amides is 1. The number of nitrogen functional groups attached to an aromatic ring is 1. The summed E-state index contributed by atoms with van der Waals surface area (Å²) in [5, 5.41) is 13.8. The summed E-state index contributed by atoms with van der Waals surface area (Å²) in [5.74, 6) is -0.653. The van der Waals surface area contributed by atoms with Crippen molar-refractivity contribution in [2.75, 3.05) is 32.1 Å². The number of ketones is 1. The van der Waals surface area contributed by atoms with E-state index in [-0.39, 0.29) is 30.0 Å². The summed E-state index contributed by atoms with van der Waals surface area (Å²) in [6.07, 6.45) is 4.02. The number of Topliss-reactive ketones (excluding diaryl/α,β-unsaturated/α-hetero) is 1. The molecule has 9 nitrogen and oxygen atoms in total. The zero-order valence-electron chi connectivity index (χ0n) is 18.7. The molecule has 0 spiro atoms. The molecular formula is C23H31N5O4. The van der Waals surface area contributed by atoms with Crippen molar-refractivity contribution in [3.8, 4) is 0 Å². The molecule has 0 saturated heterocycles. The van der Waals surface area contributed by atoms with Gasteiger partial charge in [-0.05, 0) is 37.1 Å². The second-order valence-electron chi connectivity index (χ2n) is 7.64. The number of nitrogens with zero attached hydrogens (tertiary/aromatic N) is 1. The van der Waals surface area contributed by atoms with Crippen molar-refractivity contribution >= 4 is 23.2 Å². The number of allylic oxidation sites excluding steroid dienone is 1. The van der Waals surface area contributed by atoms with Gasteiger partial charge in [0.05, 0.1) is 5.92 Å². The third-order valence-corrected chi connectivity index (χ3v) is 5.54. The summed E-state index contributed by atoms with van der Waals surface area (Å²) in [4.78, 5) is 27.4. The summed E-state index contributed by atoms with van der Waals surface area (Å²) in [7, 11) is 1.51. The Morgan fingerprint density at radius 1 is 1.38 bits per heavy atom. The molecule has 3 unspecified atom stereocenters. The Morgan fingerprint density at radius 3 is 2.81 bits per heavy atom. The lowest BCUT2D eigenvalue weighted by atomic mass is 9.88. The minimum absolute atomic E-state index is 0.0137. The SMILES string of the molecule is CCNc1cc(C(=N)N)ccc1CNC(=O)C(OCC)N1C=C2C=CC(OC)C(=O)C2C1. The Hall–Kier alpha value is -3.17. The quantitative estimate of drug-likeness (QED) is 0.319. The van der Waals surface area contributed by atoms with Crippen LogP contribution in [0.15, 0.2) is 42.1 Å². The molecule has 0 radical (unpaired) electrons. The summed E-state index contributed by atoms with van der Waals surface area (Å²) < 4.78 is 11.0. The van der Waals surface area contributed by atoms with Gasteiger partial charge in [-0.1, -0.05) is 18.2 Å². The molecule has 9 heteroatoms. The Labute approximate surface area is 188 Å². The number of anilines is 1. The lowest BCUT2D eigenvalue weighted by Crippen LogP contribution is -2.47. The van der Waals surface area contributed by atoms with E-state index in [1.807, 2.05) is 32.2 Å². The van der Waals surface area contributed by atoms with E-state index in [1.165, 1.54) is 7.11 Å². The van der Waals surface area contributed by atoms with Crippen molar-refractivity contribution in [3.05, 3.63) is 53.3 Å². The van der Waals surface area contributed by atoms with Gasteiger partial charge in [0.2, 0.25) is 6.23 Å². The van der Waals surface area contributed by atoms with Crippen LogP contribution in [-0.2, 0) is 25.6 Å². The fourth-order valence-corrected chi connectivity index (χ4v) is 3.92. The van der Waals surface area contributed by atoms with Crippen molar-refractivity contribution in [2.45, 2.75) is 32.7 Å². The van der Waals surface area contributed by atoms with E-state index >= 15 is 0 Å². The molecule has 0 aromatic heterocycles. The van der Waals surface area contributed by atoms with Crippen molar-refractivity contribution < 1.29 is 19.1 Å². The van der Waals surface area contributed by atoms with Crippen LogP contribution in [0.25, 0.3) is 0 Å². The monoisotopic (exact) mass is 441 g/mol. The molecule has 0 bridgehead atoms. The highest BCUT2D eigenvalue weighted by Crippen LogP contribution is 2.31. The topological polar surface area (TPSA) is 130 Å². The van der Waals surface area contributed by atoms with Crippen LogP contribution < -0.4 is 16.4 Å². The number of methoxy groups -OCH3 is 1. The molecule has 1 aliphatic carbocycles. The highest BCUT2D eigenvalue weighted by Gasteiger charge is 2.39. The number of fused-ring (bicyclic) bond motifs is 1. The van der Waals surface area contributed by atoms with Crippen LogP contribution in [0.1, 0.15) is 25.0 Å². The molecule has 172 valence electrons. The largest absolute Gasteiger partial charge is 0.385 e. The Morgan fingerprint density at radius 2 is 2.16 bits per heavy atom. The molecular weight excluding hydrogens is 410 g/mol. The van der Waals surface area contributed by atoms with E-state index in [9.17, 15) is 9.59 Å². The third-order valence-electron chi connectivity index (χ3n) is 5.54. The predicted molar refractivity (Wildman–Crippen MR) is 122 cm³/mol. The average molecular weight is 442 g/mol. The normalized spacial score (nSPS) is 20.5. The zero-order valence-corrected chi connectivity index (χ0v) is 18.7. The maximum absolute atomic E-state index is 13.0. The van der Waals surface area contributed by atoms with E-state index in [1.54, 1.807) is 23.1 Å². The minimum atomic E-state index is -0.848. The fraction of sp³-hybridized carbons (Fsp3) is 0.435. The number of rotatable bonds is 10. The molecule has 1 aliphatic heterocycles. The van der Waals surface area contributed by atoms with E-state index in [4.69, 9.17) is 20.6 Å². The molecule has 3 rings (SSSR count). The van der Waals surface area contributed by atoms with Gasteiger partial charge < -0.3 is 30.7 Å². The van der Waals surface area contributed by atoms with Gasteiger partial charge in [-0.25, -0.2) is 0 Å². The number of hydrogen-bond acceptors (Lipinski definition) is 7. The van der Waals surface area contributed by atoms with Gasteiger partial charge in [0.25, 0.3) is 5.91 Å². The number of amidine groups is 1. The average Bonchev–Trinajstić information content (AvgIpc) is 3.21. The van der Waals surface area contributed by atoms with Gasteiger partial charge in [0, 0.05) is 50.8 Å². The lowest BCUT2D eigenvalue weighted by molar-refractivity contribution is -0.144. The molecule has 1 amide bonds. The highest BCUT2D eigenvalue weighted by molar-refractivity contribution is 5.96. The molecule has 0 fully saturated rings. The van der Waals surface area contributed by atoms with Crippen LogP contribution in [0.5, 0.6) is 0 Å². The van der Waals surface area contributed by atoms with Gasteiger partial charge in [-0.3, -0.25) is 15.0 Å². The molecule has 32 heavy (non-hydrogen) atoms. The van der Waals surface area contributed by atoms with Crippen molar-refractivity contribution in [1.82, 2.24) is 10.2 Å². The smallest absolute Gasteiger partial charge is 0.270 e. The van der Waals surface area contributed by atoms with Crippen LogP contribution in [-0.4, -0.2) is 61.6 Å². The van der Waals surface area contributed by atoms with Gasteiger partial charge in [-0.15, -0.1) is 0 Å². The lowest BCUT2D eigenvalue weighted by Gasteiger charge is -2.28. The minimum Gasteiger partial charge on any atom is -0.385 e. The van der Waals surface area contributed by atoms with Gasteiger partial charge in [0.1, 0.15) is 11.9 Å². The second kappa shape index (κ2) is 10.4. The van der Waals surface area contributed by atoms with Crippen LogP contribution in [0, 0.1) is 11.3 Å². The maximum atomic E-state index is 13.0. The Balaban J connectivity index is 1.71. The first-order valence-electron chi connectivity index (χ1n) is 10.7. The maximum Gasteiger partial charge on any atom is 0.270 e. The first kappa shape index (κ1) is 23.5. The molecule has 1 aromatic carbocycles. The summed E-state index contributed by atoms with van der Waals surface area (Å²) in [6.45, 7) is 5.48. The van der Waals surface area contributed by atoms with Crippen LogP contribution in [0.2, 0.25) is 0 Å². The highest BCUT2D eigenvalue weighted by atomic mass is 16.5. The number of nitrogens with two attached hydrogens (primary N) is 1. The van der Waals surface area contributed by atoms with E-state index < -0.39 is 12.3 Å². The number of ether oxygens (including phenoxy) is 2. The third kappa shape index (κ3) is 5.00. The van der Waals surface area contributed by atoms with Crippen molar-refractivity contribution in [2.24, 2.45) is 11.7 Å². The predicted octanol–water partition coefficient (Wildman–Crippen LogP) is 1.35. The van der Waals surface area contributed by atoms with Gasteiger partial charge in [-0.2, -0.15) is 0 Å². The molecule has 0 saturated carbocycles. The fourth-order valence-electron chi connectivity index (χ4n) is 3.92. The van der Waals surface area contributed by atoms with Crippen molar-refractivity contribution in [3.63, 3.8) is 0 Å². The standard InChI is InChI=1S/C23H31N5O4/c1-4-26-18-10-14(21(24)25)6-7-15(18)11-27-22(30)23(32-5-2)28-12-16-8-9-19(31-3)20(29)17(16)13-28/h6-10,12,17,19,23,26H,4-5,11,13H2,1-3H3,(H3,24,25)(H,27,30). The molecule has 1 heterocycles. The van der Waals surface area contributed by atoms with E-state index in [0.717, 1.165) is 16.8 Å². The molecule has 1 aromatic rings. The second-order valence-corrected chi connectivity index (χ2v) is 7.64. The number of carbonyl (C=O) groups excluding carboxylic acids is 2. The van der Waals surface area contributed by atoms with Gasteiger partial charge in [0.15, 0.2) is 5.78 Å². The number of benzene rings is 1. The summed E-state index contributed by atoms with van der Waals surface area (Å²) in [5.41, 5.74) is 8.74. The number of nitrogens with one attached hydrogen (secondary N) is 3. The van der Waals surface area contributed by atoms with Crippen LogP contribution in [0.3, 0.4) is 0 Å². The molecule has 3 atom stereocenters. The van der Waals surface area contributed by atoms with E-state index in [2.05, 4.69) is 10.6 Å². The summed E-state index contributed by atoms with van der Waals surface area (Å²) in [6, 6.07) is 5.39. The summed E-state index contributed by atoms with van der Waals surface area (Å²) >= 11 is 0. The van der Waals surface area contributed by atoms with E-state index in [0.29, 0.717) is 25.3 Å². The first-order valence-corrected chi connectivity index (χ1v) is 10.7.